The molecule has 33 heavy (non-hydrogen) atoms. The number of nitrogens with zero attached hydrogens (tertiary/aromatic N) is 2. The molecule has 2 fully saturated rings. The van der Waals surface area contributed by atoms with E-state index in [0.717, 1.165) is 29.7 Å². The molecule has 0 radical (unpaired) electrons. The number of fused-ring (bicyclic) bond motifs is 5. The molecule has 1 heterocycles. The molecular weight excluding hydrogens is 650 g/mol. The summed E-state index contributed by atoms with van der Waals surface area (Å²) < 4.78 is 7.69. The molecule has 4 atom stereocenters. The molecule has 7 nitrogen and oxygen atoms in total. The van der Waals surface area contributed by atoms with Crippen LogP contribution >= 0.6 is 45.2 Å². The number of carbonyl (C=O) groups excluding carboxylic acids is 2. The lowest BCUT2D eigenvalue weighted by atomic mass is 9.85. The number of benzene rings is 2. The first-order valence-corrected chi connectivity index (χ1v) is 12.5. The molecule has 1 N–H and O–H groups in total. The van der Waals surface area contributed by atoms with Gasteiger partial charge in [0.15, 0.2) is 0 Å². The van der Waals surface area contributed by atoms with E-state index in [9.17, 15) is 14.4 Å². The monoisotopic (exact) mass is 668 g/mol. The number of amides is 2. The number of rotatable bonds is 6. The molecule has 1 saturated heterocycles. The first kappa shape index (κ1) is 22.5. The molecule has 9 heteroatoms. The maximum absolute atomic E-state index is 12.8. The van der Waals surface area contributed by atoms with Crippen LogP contribution in [0.2, 0.25) is 0 Å². The van der Waals surface area contributed by atoms with Gasteiger partial charge in [-0.05, 0) is 98.8 Å². The largest absolute Gasteiger partial charge is 0.487 e. The molecule has 0 unspecified atom stereocenters. The predicted octanol–water partition coefficient (Wildman–Crippen LogP) is 4.31. The Morgan fingerprint density at radius 2 is 1.64 bits per heavy atom. The van der Waals surface area contributed by atoms with Crippen LogP contribution in [0.25, 0.3) is 0 Å². The standard InChI is InChI=1S/C24H18I2N2O5/c25-17-7-13(8-18(26)21(17)33-11-12-1-3-14(4-2-12)24(31)32)10-27-28-22(29)19-15-5-6-16(9-15)20(19)23(28)30/h1-8,10,15-16,19-20H,9,11H2,(H,31,32)/t15-,16-,19-,20+/m0/s1. The second-order valence-electron chi connectivity index (χ2n) is 8.34. The number of aromatic carboxylic acids is 1. The van der Waals surface area contributed by atoms with Crippen molar-refractivity contribution in [2.24, 2.45) is 28.8 Å². The van der Waals surface area contributed by atoms with Crippen molar-refractivity contribution in [1.82, 2.24) is 5.01 Å². The lowest BCUT2D eigenvalue weighted by molar-refractivity contribution is -0.140. The first-order valence-electron chi connectivity index (χ1n) is 10.4. The molecule has 3 aliphatic rings. The van der Waals surface area contributed by atoms with Gasteiger partial charge in [-0.1, -0.05) is 24.3 Å². The highest BCUT2D eigenvalue weighted by Gasteiger charge is 2.59. The zero-order chi connectivity index (χ0) is 23.3. The van der Waals surface area contributed by atoms with Gasteiger partial charge < -0.3 is 9.84 Å². The molecule has 2 aromatic rings. The smallest absolute Gasteiger partial charge is 0.335 e. The Kier molecular flexibility index (Phi) is 6.02. The van der Waals surface area contributed by atoms with Crippen molar-refractivity contribution in [3.05, 3.63) is 72.4 Å². The van der Waals surface area contributed by atoms with Crippen molar-refractivity contribution in [3.8, 4) is 5.75 Å². The molecule has 0 aromatic heterocycles. The molecule has 168 valence electrons. The van der Waals surface area contributed by atoms with Crippen molar-refractivity contribution < 1.29 is 24.2 Å². The molecule has 0 spiro atoms. The van der Waals surface area contributed by atoms with E-state index < -0.39 is 5.97 Å². The van der Waals surface area contributed by atoms with Gasteiger partial charge in [-0.25, -0.2) is 4.79 Å². The Morgan fingerprint density at radius 1 is 1.06 bits per heavy atom. The Morgan fingerprint density at radius 3 is 2.18 bits per heavy atom. The highest BCUT2D eigenvalue weighted by atomic mass is 127. The Balaban J connectivity index is 1.28. The van der Waals surface area contributed by atoms with Gasteiger partial charge >= 0.3 is 5.97 Å². The quantitative estimate of drug-likeness (QED) is 0.214. The lowest BCUT2D eigenvalue weighted by Gasteiger charge is -2.13. The van der Waals surface area contributed by atoms with Crippen molar-refractivity contribution >= 4 is 69.2 Å². The van der Waals surface area contributed by atoms with E-state index in [0.29, 0.717) is 12.4 Å². The van der Waals surface area contributed by atoms with Gasteiger partial charge in [0.05, 0.1) is 30.8 Å². The summed E-state index contributed by atoms with van der Waals surface area (Å²) in [4.78, 5) is 36.5. The predicted molar refractivity (Wildman–Crippen MR) is 137 cm³/mol. The molecule has 2 bridgehead atoms. The van der Waals surface area contributed by atoms with Gasteiger partial charge in [-0.2, -0.15) is 10.1 Å². The minimum atomic E-state index is -0.964. The summed E-state index contributed by atoms with van der Waals surface area (Å²) in [5.41, 5.74) is 1.85. The SMILES string of the molecule is O=C(O)c1ccc(COc2c(I)cc(C=NN3C(=O)[C@@H]4[C@H](C3=O)[C@H]3C=C[C@H]4C3)cc2I)cc1. The average Bonchev–Trinajstić information content (AvgIpc) is 3.46. The van der Waals surface area contributed by atoms with Crippen LogP contribution in [0.3, 0.4) is 0 Å². The molecule has 2 aliphatic carbocycles. The normalized spacial score (nSPS) is 25.3. The number of hydrogen-bond donors (Lipinski definition) is 1. The van der Waals surface area contributed by atoms with Crippen LogP contribution in [0.4, 0.5) is 0 Å². The highest BCUT2D eigenvalue weighted by Crippen LogP contribution is 2.52. The van der Waals surface area contributed by atoms with E-state index >= 15 is 0 Å². The summed E-state index contributed by atoms with van der Waals surface area (Å²) in [6.07, 6.45) is 6.57. The maximum atomic E-state index is 12.8. The van der Waals surface area contributed by atoms with E-state index in [1.54, 1.807) is 30.5 Å². The topological polar surface area (TPSA) is 96.3 Å². The Labute approximate surface area is 217 Å². The van der Waals surface area contributed by atoms with Crippen LogP contribution in [0.5, 0.6) is 5.75 Å². The van der Waals surface area contributed by atoms with Crippen molar-refractivity contribution in [3.63, 3.8) is 0 Å². The van der Waals surface area contributed by atoms with Gasteiger partial charge in [0.2, 0.25) is 0 Å². The minimum absolute atomic E-state index is 0.162. The van der Waals surface area contributed by atoms with Gasteiger partial charge in [0.25, 0.3) is 11.8 Å². The van der Waals surface area contributed by atoms with Crippen LogP contribution < -0.4 is 4.74 Å². The van der Waals surface area contributed by atoms with Crippen molar-refractivity contribution in [2.45, 2.75) is 13.0 Å². The number of hydrogen-bond acceptors (Lipinski definition) is 5. The molecule has 1 aliphatic heterocycles. The van der Waals surface area contributed by atoms with Crippen LogP contribution in [0, 0.1) is 30.8 Å². The number of halogens is 2. The second-order valence-corrected chi connectivity index (χ2v) is 10.7. The molecule has 1 saturated carbocycles. The van der Waals surface area contributed by atoms with Gasteiger partial charge in [-0.15, -0.1) is 0 Å². The summed E-state index contributed by atoms with van der Waals surface area (Å²) in [7, 11) is 0. The number of allylic oxidation sites excluding steroid dienone is 2. The van der Waals surface area contributed by atoms with Gasteiger partial charge in [0.1, 0.15) is 12.4 Å². The fraction of sp³-hybridized carbons (Fsp3) is 0.250. The Bertz CT molecular complexity index is 1170. The zero-order valence-electron chi connectivity index (χ0n) is 17.2. The third-order valence-electron chi connectivity index (χ3n) is 6.37. The summed E-state index contributed by atoms with van der Waals surface area (Å²) in [5.74, 6) is -0.844. The van der Waals surface area contributed by atoms with E-state index in [1.165, 1.54) is 0 Å². The number of hydrazone groups is 1. The van der Waals surface area contributed by atoms with Crippen molar-refractivity contribution in [2.75, 3.05) is 0 Å². The number of imide groups is 1. The van der Waals surface area contributed by atoms with E-state index in [-0.39, 0.29) is 41.0 Å². The molecule has 2 amide bonds. The van der Waals surface area contributed by atoms with Crippen LogP contribution in [-0.2, 0) is 16.2 Å². The zero-order valence-corrected chi connectivity index (χ0v) is 21.5. The third-order valence-corrected chi connectivity index (χ3v) is 7.98. The van der Waals surface area contributed by atoms with E-state index in [4.69, 9.17) is 9.84 Å². The number of carboxylic acids is 1. The van der Waals surface area contributed by atoms with Gasteiger partial charge in [-0.3, -0.25) is 9.59 Å². The second kappa shape index (κ2) is 8.82. The van der Waals surface area contributed by atoms with Crippen molar-refractivity contribution in [1.29, 1.82) is 0 Å². The summed E-state index contributed by atoms with van der Waals surface area (Å²) >= 11 is 4.35. The summed E-state index contributed by atoms with van der Waals surface area (Å²) in [6.45, 7) is 0.301. The van der Waals surface area contributed by atoms with E-state index in [2.05, 4.69) is 62.4 Å². The maximum Gasteiger partial charge on any atom is 0.335 e. The molecule has 2 aromatic carbocycles. The number of carbonyl (C=O) groups is 3. The Hall–Kier alpha value is -2.28. The highest BCUT2D eigenvalue weighted by molar-refractivity contribution is 14.1. The summed E-state index contributed by atoms with van der Waals surface area (Å²) in [5, 5.41) is 14.3. The minimum Gasteiger partial charge on any atom is -0.487 e. The average molecular weight is 668 g/mol. The molecule has 5 rings (SSSR count). The summed E-state index contributed by atoms with van der Waals surface area (Å²) in [6, 6.07) is 10.3. The van der Waals surface area contributed by atoms with Crippen LogP contribution in [0.15, 0.2) is 53.7 Å². The fourth-order valence-electron chi connectivity index (χ4n) is 4.82. The first-order chi connectivity index (χ1) is 15.8. The van der Waals surface area contributed by atoms with Gasteiger partial charge in [0, 0.05) is 0 Å². The molecular formula is C24H18I2N2O5. The van der Waals surface area contributed by atoms with E-state index in [1.807, 2.05) is 12.1 Å². The fourth-order valence-corrected chi connectivity index (χ4v) is 6.94. The lowest BCUT2D eigenvalue weighted by Crippen LogP contribution is -2.28. The third kappa shape index (κ3) is 4.09. The number of ether oxygens (including phenoxy) is 1. The number of carboxylic acid groups (broad SMARTS) is 1. The van der Waals surface area contributed by atoms with Crippen LogP contribution in [0.1, 0.15) is 27.9 Å². The van der Waals surface area contributed by atoms with Crippen LogP contribution in [-0.4, -0.2) is 34.1 Å².